The maximum atomic E-state index is 14.4. The van der Waals surface area contributed by atoms with E-state index >= 15 is 0 Å². The molecule has 37 heavy (non-hydrogen) atoms. The van der Waals surface area contributed by atoms with Crippen molar-refractivity contribution in [2.75, 3.05) is 4.90 Å². The van der Waals surface area contributed by atoms with Crippen molar-refractivity contribution in [1.82, 2.24) is 15.0 Å². The molecule has 3 heterocycles. The predicted molar refractivity (Wildman–Crippen MR) is 151 cm³/mol. The second-order valence-corrected chi connectivity index (χ2v) is 10.0. The Morgan fingerprint density at radius 1 is 0.838 bits per heavy atom. The Bertz CT molecular complexity index is 1710. The first-order valence-electron chi connectivity index (χ1n) is 12.1. The first-order valence-corrected chi connectivity index (χ1v) is 12.9. The first kappa shape index (κ1) is 23.0. The average Bonchev–Trinajstić information content (AvgIpc) is 3.40. The van der Waals surface area contributed by atoms with E-state index in [1.54, 1.807) is 22.4 Å². The van der Waals surface area contributed by atoms with Crippen LogP contribution in [0.1, 0.15) is 27.2 Å². The highest BCUT2D eigenvalue weighted by molar-refractivity contribution is 7.22. The zero-order chi connectivity index (χ0) is 25.4. The number of aromatic nitrogens is 3. The third-order valence-electron chi connectivity index (χ3n) is 6.47. The van der Waals surface area contributed by atoms with Crippen LogP contribution < -0.4 is 4.90 Å². The van der Waals surface area contributed by atoms with Crippen LogP contribution in [0, 0.1) is 13.8 Å². The van der Waals surface area contributed by atoms with Gasteiger partial charge in [-0.05, 0) is 49.2 Å². The molecule has 6 rings (SSSR count). The monoisotopic (exact) mass is 500 g/mol. The van der Waals surface area contributed by atoms with E-state index in [2.05, 4.69) is 31.0 Å². The molecule has 0 bridgehead atoms. The fraction of sp³-hybridized carbons (Fsp3) is 0.0968. The van der Waals surface area contributed by atoms with Gasteiger partial charge in [0.2, 0.25) is 0 Å². The highest BCUT2D eigenvalue weighted by Gasteiger charge is 2.25. The van der Waals surface area contributed by atoms with E-state index in [1.165, 1.54) is 0 Å². The van der Waals surface area contributed by atoms with Gasteiger partial charge >= 0.3 is 0 Å². The molecule has 3 aromatic carbocycles. The molecule has 6 heteroatoms. The molecule has 0 atom stereocenters. The van der Waals surface area contributed by atoms with Crippen molar-refractivity contribution in [1.29, 1.82) is 0 Å². The van der Waals surface area contributed by atoms with E-state index in [1.807, 2.05) is 78.9 Å². The fourth-order valence-electron chi connectivity index (χ4n) is 4.50. The lowest BCUT2D eigenvalue weighted by molar-refractivity contribution is 0.0986. The quantitative estimate of drug-likeness (QED) is 0.248. The molecule has 0 aliphatic carbocycles. The summed E-state index contributed by atoms with van der Waals surface area (Å²) in [6.45, 7) is 4.45. The van der Waals surface area contributed by atoms with Crippen LogP contribution in [0.25, 0.3) is 32.4 Å². The molecule has 0 unspecified atom stereocenters. The largest absolute Gasteiger partial charge is 0.278 e. The summed E-state index contributed by atoms with van der Waals surface area (Å²) in [7, 11) is 0. The van der Waals surface area contributed by atoms with Crippen LogP contribution in [0.4, 0.5) is 5.13 Å². The molecule has 0 spiro atoms. The van der Waals surface area contributed by atoms with E-state index in [-0.39, 0.29) is 5.91 Å². The lowest BCUT2D eigenvalue weighted by atomic mass is 10.0. The van der Waals surface area contributed by atoms with E-state index < -0.39 is 0 Å². The van der Waals surface area contributed by atoms with Gasteiger partial charge < -0.3 is 0 Å². The highest BCUT2D eigenvalue weighted by atomic mass is 32.1. The van der Waals surface area contributed by atoms with Gasteiger partial charge in [0.05, 0.1) is 39.2 Å². The Kier molecular flexibility index (Phi) is 5.94. The van der Waals surface area contributed by atoms with Crippen molar-refractivity contribution in [2.45, 2.75) is 20.4 Å². The lowest BCUT2D eigenvalue weighted by Gasteiger charge is -2.21. The molecule has 0 radical (unpaired) electrons. The number of fused-ring (bicyclic) bond motifs is 2. The van der Waals surface area contributed by atoms with Crippen LogP contribution in [0.3, 0.4) is 0 Å². The van der Waals surface area contributed by atoms with Crippen molar-refractivity contribution in [3.8, 4) is 11.3 Å². The molecular formula is C31H24N4OS. The van der Waals surface area contributed by atoms with Gasteiger partial charge in [-0.15, -0.1) is 0 Å². The number of benzene rings is 3. The zero-order valence-electron chi connectivity index (χ0n) is 20.6. The van der Waals surface area contributed by atoms with Crippen LogP contribution in [-0.2, 0) is 6.54 Å². The summed E-state index contributed by atoms with van der Waals surface area (Å²) < 4.78 is 1.10. The molecule has 3 aromatic heterocycles. The predicted octanol–water partition coefficient (Wildman–Crippen LogP) is 7.37. The minimum absolute atomic E-state index is 0.129. The molecule has 6 aromatic rings. The Balaban J connectivity index is 1.54. The number of pyridine rings is 2. The zero-order valence-corrected chi connectivity index (χ0v) is 21.4. The smallest absolute Gasteiger partial charge is 0.261 e. The van der Waals surface area contributed by atoms with Gasteiger partial charge in [-0.3, -0.25) is 14.7 Å². The number of hydrogen-bond donors (Lipinski definition) is 0. The van der Waals surface area contributed by atoms with Crippen molar-refractivity contribution < 1.29 is 4.79 Å². The van der Waals surface area contributed by atoms with Crippen LogP contribution in [0.5, 0.6) is 0 Å². The molecular weight excluding hydrogens is 476 g/mol. The first-order chi connectivity index (χ1) is 18.1. The summed E-state index contributed by atoms with van der Waals surface area (Å²) in [4.78, 5) is 30.5. The number of anilines is 1. The maximum absolute atomic E-state index is 14.4. The SMILES string of the molecule is Cc1ccc(C)c2sc(N(Cc3ccccn3)C(=O)c3cc(-c4ccccc4)nc4ccccc34)nc12. The number of rotatable bonds is 5. The number of nitrogens with zero attached hydrogens (tertiary/aromatic N) is 4. The van der Waals surface area contributed by atoms with Gasteiger partial charge in [-0.2, -0.15) is 0 Å². The highest BCUT2D eigenvalue weighted by Crippen LogP contribution is 2.35. The number of aryl methyl sites for hydroxylation is 2. The van der Waals surface area contributed by atoms with Crippen molar-refractivity contribution in [2.24, 2.45) is 0 Å². The van der Waals surface area contributed by atoms with Crippen molar-refractivity contribution >= 4 is 43.5 Å². The number of hydrogen-bond acceptors (Lipinski definition) is 5. The third kappa shape index (κ3) is 4.36. The Morgan fingerprint density at radius 3 is 2.38 bits per heavy atom. The molecule has 0 saturated carbocycles. The molecule has 0 aliphatic rings. The summed E-state index contributed by atoms with van der Waals surface area (Å²) in [5.41, 5.74) is 7.06. The summed E-state index contributed by atoms with van der Waals surface area (Å²) in [6.07, 6.45) is 1.75. The van der Waals surface area contributed by atoms with Gasteiger partial charge in [0.25, 0.3) is 5.91 Å². The Hall–Kier alpha value is -4.42. The fourth-order valence-corrected chi connectivity index (χ4v) is 5.61. The number of amides is 1. The van der Waals surface area contributed by atoms with Gasteiger partial charge in [-0.1, -0.05) is 78.1 Å². The Labute approximate surface area is 219 Å². The molecule has 1 amide bonds. The van der Waals surface area contributed by atoms with Crippen LogP contribution in [-0.4, -0.2) is 20.9 Å². The summed E-state index contributed by atoms with van der Waals surface area (Å²) in [5.74, 6) is -0.129. The number of carbonyl (C=O) groups is 1. The van der Waals surface area contributed by atoms with Gasteiger partial charge in [0, 0.05) is 17.1 Å². The van der Waals surface area contributed by atoms with E-state index in [4.69, 9.17) is 9.97 Å². The normalized spacial score (nSPS) is 11.2. The molecule has 0 N–H and O–H groups in total. The second kappa shape index (κ2) is 9.56. The van der Waals surface area contributed by atoms with Gasteiger partial charge in [0.15, 0.2) is 5.13 Å². The average molecular weight is 501 g/mol. The topological polar surface area (TPSA) is 59.0 Å². The van der Waals surface area contributed by atoms with E-state index in [0.29, 0.717) is 17.2 Å². The van der Waals surface area contributed by atoms with Gasteiger partial charge in [0.1, 0.15) is 0 Å². The van der Waals surface area contributed by atoms with Crippen LogP contribution in [0.2, 0.25) is 0 Å². The van der Waals surface area contributed by atoms with Crippen LogP contribution >= 0.6 is 11.3 Å². The molecule has 180 valence electrons. The molecule has 5 nitrogen and oxygen atoms in total. The summed E-state index contributed by atoms with van der Waals surface area (Å²) in [5, 5.41) is 1.47. The second-order valence-electron chi connectivity index (χ2n) is 9.02. The Morgan fingerprint density at radius 2 is 1.59 bits per heavy atom. The minimum atomic E-state index is -0.129. The van der Waals surface area contributed by atoms with Gasteiger partial charge in [-0.25, -0.2) is 9.97 Å². The number of carbonyl (C=O) groups excluding carboxylic acids is 1. The van der Waals surface area contributed by atoms with Crippen molar-refractivity contribution in [3.05, 3.63) is 120 Å². The summed E-state index contributed by atoms with van der Waals surface area (Å²) in [6, 6.07) is 29.6. The molecule has 0 saturated heterocycles. The third-order valence-corrected chi connectivity index (χ3v) is 7.68. The lowest BCUT2D eigenvalue weighted by Crippen LogP contribution is -2.31. The molecule has 0 aliphatic heterocycles. The van der Waals surface area contributed by atoms with E-state index in [9.17, 15) is 4.79 Å². The number of para-hydroxylation sites is 1. The number of thiazole rings is 1. The minimum Gasteiger partial charge on any atom is -0.278 e. The van der Waals surface area contributed by atoms with Crippen molar-refractivity contribution in [3.63, 3.8) is 0 Å². The van der Waals surface area contributed by atoms with Crippen LogP contribution in [0.15, 0.2) is 97.2 Å². The molecule has 0 fully saturated rings. The van der Waals surface area contributed by atoms with E-state index in [0.717, 1.165) is 49.2 Å². The maximum Gasteiger partial charge on any atom is 0.261 e. The standard InChI is InChI=1S/C31H24N4OS/c1-20-15-16-21(2)29-28(20)34-31(37-29)35(19-23-12-8-9-17-32-23)30(36)25-18-27(22-10-4-3-5-11-22)33-26-14-7-6-13-24(25)26/h3-18H,19H2,1-2H3. The summed E-state index contributed by atoms with van der Waals surface area (Å²) >= 11 is 1.54.